The lowest BCUT2D eigenvalue weighted by atomic mass is 10.2. The van der Waals surface area contributed by atoms with Crippen molar-refractivity contribution in [3.63, 3.8) is 0 Å². The maximum absolute atomic E-state index is 11.0. The average Bonchev–Trinajstić information content (AvgIpc) is 2.04. The number of allylic oxidation sites excluding steroid dienone is 1. The van der Waals surface area contributed by atoms with Crippen molar-refractivity contribution in [2.75, 3.05) is 6.61 Å². The van der Waals surface area contributed by atoms with E-state index >= 15 is 0 Å². The summed E-state index contributed by atoms with van der Waals surface area (Å²) in [5.74, 6) is -1.25. The van der Waals surface area contributed by atoms with E-state index in [1.54, 1.807) is 19.9 Å². The van der Waals surface area contributed by atoms with Gasteiger partial charge < -0.3 is 9.84 Å². The molecular weight excluding hydrogens is 172 g/mol. The van der Waals surface area contributed by atoms with Crippen LogP contribution in [0.5, 0.6) is 0 Å². The Kier molecular flexibility index (Phi) is 5.59. The molecule has 1 N–H and O–H groups in total. The number of carboxylic acids is 1. The molecule has 0 aromatic heterocycles. The van der Waals surface area contributed by atoms with Crippen molar-refractivity contribution in [3.05, 3.63) is 11.6 Å². The van der Waals surface area contributed by atoms with Crippen LogP contribution in [-0.4, -0.2) is 23.7 Å². The molecule has 0 bridgehead atoms. The van der Waals surface area contributed by atoms with Crippen LogP contribution in [0.1, 0.15) is 26.7 Å². The van der Waals surface area contributed by atoms with Gasteiger partial charge in [-0.1, -0.05) is 6.08 Å². The first-order valence-electron chi connectivity index (χ1n) is 4.13. The van der Waals surface area contributed by atoms with Crippen molar-refractivity contribution in [3.8, 4) is 0 Å². The molecule has 13 heavy (non-hydrogen) atoms. The van der Waals surface area contributed by atoms with E-state index in [1.807, 2.05) is 0 Å². The van der Waals surface area contributed by atoms with Gasteiger partial charge in [0.25, 0.3) is 0 Å². The highest BCUT2D eigenvalue weighted by Crippen LogP contribution is 2.00. The maximum Gasteiger partial charge on any atom is 0.333 e. The number of esters is 1. The molecule has 0 fully saturated rings. The summed E-state index contributed by atoms with van der Waals surface area (Å²) in [5, 5.41) is 8.32. The van der Waals surface area contributed by atoms with E-state index in [0.29, 0.717) is 18.6 Å². The smallest absolute Gasteiger partial charge is 0.333 e. The molecule has 4 nitrogen and oxygen atoms in total. The van der Waals surface area contributed by atoms with Gasteiger partial charge >= 0.3 is 11.9 Å². The van der Waals surface area contributed by atoms with E-state index in [1.165, 1.54) is 0 Å². The number of rotatable bonds is 5. The minimum absolute atomic E-state index is 0.0384. The van der Waals surface area contributed by atoms with E-state index < -0.39 is 5.97 Å². The Hall–Kier alpha value is -1.32. The van der Waals surface area contributed by atoms with Crippen LogP contribution in [0.15, 0.2) is 11.6 Å². The second-order valence-electron chi connectivity index (χ2n) is 2.54. The summed E-state index contributed by atoms with van der Waals surface area (Å²) in [6.07, 6.45) is 1.98. The molecule has 0 aliphatic rings. The first-order chi connectivity index (χ1) is 6.07. The van der Waals surface area contributed by atoms with Gasteiger partial charge in [0.1, 0.15) is 0 Å². The number of ether oxygens (including phenoxy) is 1. The zero-order chi connectivity index (χ0) is 10.3. The van der Waals surface area contributed by atoms with E-state index in [2.05, 4.69) is 0 Å². The lowest BCUT2D eigenvalue weighted by Crippen LogP contribution is -2.05. The summed E-state index contributed by atoms with van der Waals surface area (Å²) in [6.45, 7) is 3.67. The first kappa shape index (κ1) is 11.7. The van der Waals surface area contributed by atoms with E-state index in [0.717, 1.165) is 0 Å². The molecule has 0 saturated heterocycles. The minimum Gasteiger partial charge on any atom is -0.481 e. The lowest BCUT2D eigenvalue weighted by Gasteiger charge is -2.00. The van der Waals surface area contributed by atoms with Crippen molar-refractivity contribution in [1.82, 2.24) is 0 Å². The first-order valence-corrected chi connectivity index (χ1v) is 4.13. The highest BCUT2D eigenvalue weighted by molar-refractivity contribution is 5.87. The highest BCUT2D eigenvalue weighted by atomic mass is 16.5. The topological polar surface area (TPSA) is 63.6 Å². The van der Waals surface area contributed by atoms with Crippen LogP contribution < -0.4 is 0 Å². The fourth-order valence-electron chi connectivity index (χ4n) is 0.740. The summed E-state index contributed by atoms with van der Waals surface area (Å²) < 4.78 is 4.71. The predicted octanol–water partition coefficient (Wildman–Crippen LogP) is 1.36. The van der Waals surface area contributed by atoms with Crippen LogP contribution in [0.2, 0.25) is 0 Å². The number of carboxylic acid groups (broad SMARTS) is 1. The number of aliphatic carboxylic acids is 1. The number of hydrogen-bond donors (Lipinski definition) is 1. The van der Waals surface area contributed by atoms with Crippen molar-refractivity contribution in [2.24, 2.45) is 0 Å². The largest absolute Gasteiger partial charge is 0.481 e. The molecule has 0 atom stereocenters. The van der Waals surface area contributed by atoms with Crippen LogP contribution in [0, 0.1) is 0 Å². The van der Waals surface area contributed by atoms with Gasteiger partial charge in [-0.25, -0.2) is 4.79 Å². The molecule has 0 spiro atoms. The van der Waals surface area contributed by atoms with Crippen LogP contribution in [0.3, 0.4) is 0 Å². The molecule has 74 valence electrons. The van der Waals surface area contributed by atoms with Crippen LogP contribution in [0.25, 0.3) is 0 Å². The summed E-state index contributed by atoms with van der Waals surface area (Å²) in [7, 11) is 0. The van der Waals surface area contributed by atoms with E-state index in [9.17, 15) is 9.59 Å². The van der Waals surface area contributed by atoms with E-state index in [4.69, 9.17) is 9.84 Å². The van der Waals surface area contributed by atoms with Gasteiger partial charge in [-0.15, -0.1) is 0 Å². The van der Waals surface area contributed by atoms with Gasteiger partial charge in [-0.3, -0.25) is 4.79 Å². The normalized spacial score (nSPS) is 11.1. The third-order valence-corrected chi connectivity index (χ3v) is 1.41. The Bertz CT molecular complexity index is 218. The minimum atomic E-state index is -0.868. The summed E-state index contributed by atoms with van der Waals surface area (Å²) in [6, 6.07) is 0. The molecule has 0 radical (unpaired) electrons. The van der Waals surface area contributed by atoms with Crippen molar-refractivity contribution in [1.29, 1.82) is 0 Å². The molecule has 0 rings (SSSR count). The molecule has 0 heterocycles. The van der Waals surface area contributed by atoms with Gasteiger partial charge in [-0.05, 0) is 20.3 Å². The lowest BCUT2D eigenvalue weighted by molar-refractivity contribution is -0.139. The molecular formula is C9H14O4. The van der Waals surface area contributed by atoms with Gasteiger partial charge in [-0.2, -0.15) is 0 Å². The number of carbonyl (C=O) groups is 2. The molecule has 0 aliphatic carbocycles. The molecule has 0 unspecified atom stereocenters. The quantitative estimate of drug-likeness (QED) is 0.520. The fraction of sp³-hybridized carbons (Fsp3) is 0.556. The van der Waals surface area contributed by atoms with Gasteiger partial charge in [0.2, 0.25) is 0 Å². The Morgan fingerprint density at radius 2 is 2.08 bits per heavy atom. The molecule has 4 heteroatoms. The van der Waals surface area contributed by atoms with Crippen LogP contribution in [-0.2, 0) is 14.3 Å². The standard InChI is InChI=1S/C9H14O4/c1-3-13-9(12)7(2)5-4-6-8(10)11/h5H,3-4,6H2,1-2H3,(H,10,11). The monoisotopic (exact) mass is 186 g/mol. The molecule has 0 amide bonds. The molecule has 0 saturated carbocycles. The third-order valence-electron chi connectivity index (χ3n) is 1.41. The predicted molar refractivity (Wildman–Crippen MR) is 47.3 cm³/mol. The summed E-state index contributed by atoms with van der Waals surface area (Å²) in [5.41, 5.74) is 0.461. The zero-order valence-corrected chi connectivity index (χ0v) is 7.87. The summed E-state index contributed by atoms with van der Waals surface area (Å²) >= 11 is 0. The second-order valence-corrected chi connectivity index (χ2v) is 2.54. The van der Waals surface area contributed by atoms with Gasteiger partial charge in [0.15, 0.2) is 0 Å². The van der Waals surface area contributed by atoms with Gasteiger partial charge in [0, 0.05) is 12.0 Å². The molecule has 0 aromatic carbocycles. The SMILES string of the molecule is CCOC(=O)C(C)=CCCC(=O)O. The number of carbonyl (C=O) groups excluding carboxylic acids is 1. The highest BCUT2D eigenvalue weighted by Gasteiger charge is 2.03. The van der Waals surface area contributed by atoms with E-state index in [-0.39, 0.29) is 12.4 Å². The van der Waals surface area contributed by atoms with Crippen LogP contribution >= 0.6 is 0 Å². The summed E-state index contributed by atoms with van der Waals surface area (Å²) in [4.78, 5) is 21.1. The Morgan fingerprint density at radius 3 is 2.54 bits per heavy atom. The Morgan fingerprint density at radius 1 is 1.46 bits per heavy atom. The van der Waals surface area contributed by atoms with Crippen LogP contribution in [0.4, 0.5) is 0 Å². The number of hydrogen-bond acceptors (Lipinski definition) is 3. The third kappa shape index (κ3) is 5.90. The zero-order valence-electron chi connectivity index (χ0n) is 7.87. The van der Waals surface area contributed by atoms with Gasteiger partial charge in [0.05, 0.1) is 6.61 Å². The fourth-order valence-corrected chi connectivity index (χ4v) is 0.740. The average molecular weight is 186 g/mol. The molecule has 0 aromatic rings. The second kappa shape index (κ2) is 6.22. The van der Waals surface area contributed by atoms with Crippen molar-refractivity contribution >= 4 is 11.9 Å². The van der Waals surface area contributed by atoms with Crippen molar-refractivity contribution < 1.29 is 19.4 Å². The van der Waals surface area contributed by atoms with Crippen molar-refractivity contribution in [2.45, 2.75) is 26.7 Å². The Balaban J connectivity index is 3.87. The molecule has 0 aliphatic heterocycles. The maximum atomic E-state index is 11.0. The Labute approximate surface area is 77.2 Å².